The van der Waals surface area contributed by atoms with Gasteiger partial charge in [0, 0.05) is 4.90 Å². The first-order chi connectivity index (χ1) is 5.18. The van der Waals surface area contributed by atoms with Gasteiger partial charge in [0.2, 0.25) is 0 Å². The first-order valence-electron chi connectivity index (χ1n) is 3.22. The molecular weight excluding hydrogens is 197 g/mol. The fourth-order valence-electron chi connectivity index (χ4n) is 0.722. The van der Waals surface area contributed by atoms with Gasteiger partial charge in [0.1, 0.15) is 4.32 Å². The van der Waals surface area contributed by atoms with E-state index >= 15 is 0 Å². The third-order valence-corrected chi connectivity index (χ3v) is 2.20. The van der Waals surface area contributed by atoms with Gasteiger partial charge in [-0.15, -0.1) is 0 Å². The quantitative estimate of drug-likeness (QED) is 0.380. The SMILES string of the molecule is Cc1ccc(SC(N)=S)cc1.[H-].[Na+]. The number of thioether (sulfide) groups is 1. The molecule has 12 heavy (non-hydrogen) atoms. The molecule has 0 heterocycles. The predicted molar refractivity (Wildman–Crippen MR) is 54.9 cm³/mol. The van der Waals surface area contributed by atoms with Crippen LogP contribution in [-0.2, 0) is 0 Å². The zero-order valence-corrected chi connectivity index (χ0v) is 10.8. The number of benzene rings is 1. The van der Waals surface area contributed by atoms with Gasteiger partial charge in [-0.05, 0) is 19.1 Å². The molecular formula is C8H10NNaS2. The summed E-state index contributed by atoms with van der Waals surface area (Å²) in [6.45, 7) is 2.05. The van der Waals surface area contributed by atoms with Crippen LogP contribution >= 0.6 is 24.0 Å². The van der Waals surface area contributed by atoms with Gasteiger partial charge in [-0.3, -0.25) is 0 Å². The summed E-state index contributed by atoms with van der Waals surface area (Å²) in [5, 5.41) is 0. The van der Waals surface area contributed by atoms with Crippen molar-refractivity contribution in [1.82, 2.24) is 0 Å². The maximum atomic E-state index is 5.36. The van der Waals surface area contributed by atoms with E-state index in [1.807, 2.05) is 24.3 Å². The molecule has 1 aromatic carbocycles. The average Bonchev–Trinajstić information content (AvgIpc) is 1.93. The molecule has 0 bridgehead atoms. The van der Waals surface area contributed by atoms with Crippen molar-refractivity contribution < 1.29 is 31.0 Å². The summed E-state index contributed by atoms with van der Waals surface area (Å²) in [4.78, 5) is 1.10. The van der Waals surface area contributed by atoms with E-state index in [9.17, 15) is 0 Å². The molecule has 0 saturated heterocycles. The Kier molecular flexibility index (Phi) is 6.23. The summed E-state index contributed by atoms with van der Waals surface area (Å²) in [6, 6.07) is 8.11. The smallest absolute Gasteiger partial charge is 1.00 e. The number of thiocarbonyl (C=S) groups is 1. The van der Waals surface area contributed by atoms with Crippen LogP contribution in [0.3, 0.4) is 0 Å². The minimum atomic E-state index is 0. The third kappa shape index (κ3) is 4.48. The Labute approximate surface area is 106 Å². The van der Waals surface area contributed by atoms with Crippen LogP contribution in [-0.4, -0.2) is 4.32 Å². The molecule has 4 heteroatoms. The number of rotatable bonds is 1. The van der Waals surface area contributed by atoms with Gasteiger partial charge in [0.05, 0.1) is 0 Å². The Bertz CT molecular complexity index is 263. The molecule has 0 aromatic heterocycles. The third-order valence-electron chi connectivity index (χ3n) is 1.24. The molecule has 0 aliphatic rings. The number of nitrogens with two attached hydrogens (primary N) is 1. The van der Waals surface area contributed by atoms with Gasteiger partial charge < -0.3 is 7.16 Å². The number of hydrogen-bond acceptors (Lipinski definition) is 2. The zero-order chi connectivity index (χ0) is 8.27. The largest absolute Gasteiger partial charge is 1.00 e. The molecule has 0 saturated carbocycles. The fourth-order valence-corrected chi connectivity index (χ4v) is 1.52. The van der Waals surface area contributed by atoms with E-state index in [-0.39, 0.29) is 31.0 Å². The summed E-state index contributed by atoms with van der Waals surface area (Å²) in [6.07, 6.45) is 0. The van der Waals surface area contributed by atoms with E-state index in [0.717, 1.165) is 4.90 Å². The van der Waals surface area contributed by atoms with Gasteiger partial charge >= 0.3 is 29.6 Å². The molecule has 1 aromatic rings. The van der Waals surface area contributed by atoms with E-state index in [1.165, 1.54) is 17.3 Å². The van der Waals surface area contributed by atoms with Crippen LogP contribution < -0.4 is 35.3 Å². The monoisotopic (exact) mass is 207 g/mol. The Morgan fingerprint density at radius 1 is 1.42 bits per heavy atom. The van der Waals surface area contributed by atoms with Gasteiger partial charge in [-0.1, -0.05) is 41.7 Å². The Morgan fingerprint density at radius 3 is 2.33 bits per heavy atom. The van der Waals surface area contributed by atoms with Crippen molar-refractivity contribution >= 4 is 28.3 Å². The van der Waals surface area contributed by atoms with E-state index in [1.54, 1.807) is 0 Å². The van der Waals surface area contributed by atoms with Crippen LogP contribution in [0.15, 0.2) is 29.2 Å². The Hall–Kier alpha value is 0.460. The van der Waals surface area contributed by atoms with Gasteiger partial charge in [-0.2, -0.15) is 0 Å². The van der Waals surface area contributed by atoms with Crippen molar-refractivity contribution in [2.24, 2.45) is 5.73 Å². The Morgan fingerprint density at radius 2 is 1.92 bits per heavy atom. The molecule has 0 aliphatic carbocycles. The van der Waals surface area contributed by atoms with Gasteiger partial charge in [0.25, 0.3) is 0 Å². The first-order valence-corrected chi connectivity index (χ1v) is 4.45. The van der Waals surface area contributed by atoms with Crippen LogP contribution in [0, 0.1) is 6.92 Å². The zero-order valence-electron chi connectivity index (χ0n) is 8.20. The first kappa shape index (κ1) is 12.5. The van der Waals surface area contributed by atoms with Crippen LogP contribution in [0.2, 0.25) is 0 Å². The summed E-state index contributed by atoms with van der Waals surface area (Å²) >= 11 is 6.17. The molecule has 0 unspecified atom stereocenters. The molecule has 0 atom stereocenters. The topological polar surface area (TPSA) is 26.0 Å². The molecule has 0 spiro atoms. The normalized spacial score (nSPS) is 8.75. The van der Waals surface area contributed by atoms with E-state index in [2.05, 4.69) is 6.92 Å². The Balaban J connectivity index is 0. The number of hydrogen-bond donors (Lipinski definition) is 1. The second kappa shape index (κ2) is 6.00. The number of aryl methyl sites for hydroxylation is 1. The molecule has 0 fully saturated rings. The van der Waals surface area contributed by atoms with Crippen molar-refractivity contribution in [2.75, 3.05) is 0 Å². The molecule has 2 N–H and O–H groups in total. The standard InChI is InChI=1S/C8H9NS2.Na.H/c1-6-2-4-7(5-3-6)11-8(9)10;;/h2-5H,1H3,(H2,9,10);;/q;+1;-1. The van der Waals surface area contributed by atoms with Crippen LogP contribution in [0.25, 0.3) is 0 Å². The van der Waals surface area contributed by atoms with E-state index < -0.39 is 0 Å². The summed E-state index contributed by atoms with van der Waals surface area (Å²) in [5.41, 5.74) is 6.60. The molecule has 1 rings (SSSR count). The summed E-state index contributed by atoms with van der Waals surface area (Å²) in [5.74, 6) is 0. The minimum Gasteiger partial charge on any atom is -1.00 e. The van der Waals surface area contributed by atoms with Crippen molar-refractivity contribution in [3.63, 3.8) is 0 Å². The van der Waals surface area contributed by atoms with Crippen molar-refractivity contribution in [2.45, 2.75) is 11.8 Å². The van der Waals surface area contributed by atoms with Crippen molar-refractivity contribution in [3.8, 4) is 0 Å². The summed E-state index contributed by atoms with van der Waals surface area (Å²) in [7, 11) is 0. The average molecular weight is 207 g/mol. The van der Waals surface area contributed by atoms with E-state index in [0.29, 0.717) is 4.32 Å². The predicted octanol–water partition coefficient (Wildman–Crippen LogP) is -0.553. The van der Waals surface area contributed by atoms with E-state index in [4.69, 9.17) is 18.0 Å². The fraction of sp³-hybridized carbons (Fsp3) is 0.125. The molecule has 60 valence electrons. The summed E-state index contributed by atoms with van der Waals surface area (Å²) < 4.78 is 0.467. The molecule has 1 nitrogen and oxygen atoms in total. The van der Waals surface area contributed by atoms with Crippen LogP contribution in [0.4, 0.5) is 0 Å². The maximum absolute atomic E-state index is 5.36. The second-order valence-electron chi connectivity index (χ2n) is 2.23. The molecule has 0 amide bonds. The van der Waals surface area contributed by atoms with Gasteiger partial charge in [-0.25, -0.2) is 0 Å². The van der Waals surface area contributed by atoms with Gasteiger partial charge in [0.15, 0.2) is 0 Å². The minimum absolute atomic E-state index is 0. The molecule has 0 radical (unpaired) electrons. The van der Waals surface area contributed by atoms with Crippen LogP contribution in [0.5, 0.6) is 0 Å². The molecule has 0 aliphatic heterocycles. The second-order valence-corrected chi connectivity index (χ2v) is 4.05. The van der Waals surface area contributed by atoms with Crippen molar-refractivity contribution in [1.29, 1.82) is 0 Å². The van der Waals surface area contributed by atoms with Crippen LogP contribution in [0.1, 0.15) is 6.99 Å². The van der Waals surface area contributed by atoms with Crippen molar-refractivity contribution in [3.05, 3.63) is 29.8 Å². The maximum Gasteiger partial charge on any atom is 1.00 e.